The summed E-state index contributed by atoms with van der Waals surface area (Å²) in [6.07, 6.45) is 7.37. The van der Waals surface area contributed by atoms with Crippen molar-refractivity contribution in [3.05, 3.63) is 0 Å². The van der Waals surface area contributed by atoms with Crippen molar-refractivity contribution in [3.63, 3.8) is 0 Å². The maximum Gasteiger partial charge on any atom is 0.239 e. The van der Waals surface area contributed by atoms with Crippen molar-refractivity contribution in [3.8, 4) is 0 Å². The van der Waals surface area contributed by atoms with Crippen LogP contribution in [0.25, 0.3) is 0 Å². The largest absolute Gasteiger partial charge is 0.341 e. The SMILES string of the molecule is CC1CCN(CC2CCCN(C(=O)[C@@H]3CCCN3)C2)CC1. The third-order valence-electron chi connectivity index (χ3n) is 5.58. The van der Waals surface area contributed by atoms with Crippen molar-refractivity contribution < 1.29 is 4.79 Å². The molecule has 0 radical (unpaired) electrons. The molecule has 0 aromatic heterocycles. The summed E-state index contributed by atoms with van der Waals surface area (Å²) < 4.78 is 0. The van der Waals surface area contributed by atoms with Gasteiger partial charge in [-0.05, 0) is 70.0 Å². The minimum absolute atomic E-state index is 0.111. The zero-order valence-corrected chi connectivity index (χ0v) is 13.5. The van der Waals surface area contributed by atoms with Crippen molar-refractivity contribution in [1.29, 1.82) is 0 Å². The Hall–Kier alpha value is -0.610. The number of hydrogen-bond acceptors (Lipinski definition) is 3. The monoisotopic (exact) mass is 293 g/mol. The maximum absolute atomic E-state index is 12.5. The molecule has 21 heavy (non-hydrogen) atoms. The Morgan fingerprint density at radius 1 is 1.10 bits per heavy atom. The van der Waals surface area contributed by atoms with E-state index in [4.69, 9.17) is 0 Å². The first kappa shape index (κ1) is 15.3. The molecule has 1 amide bonds. The molecule has 1 N–H and O–H groups in total. The van der Waals surface area contributed by atoms with E-state index in [9.17, 15) is 4.79 Å². The van der Waals surface area contributed by atoms with Gasteiger partial charge in [-0.1, -0.05) is 6.92 Å². The fraction of sp³-hybridized carbons (Fsp3) is 0.941. The minimum atomic E-state index is 0.111. The molecule has 4 nitrogen and oxygen atoms in total. The summed E-state index contributed by atoms with van der Waals surface area (Å²) in [5, 5.41) is 3.35. The van der Waals surface area contributed by atoms with Gasteiger partial charge in [0, 0.05) is 19.6 Å². The van der Waals surface area contributed by atoms with Crippen LogP contribution in [0.3, 0.4) is 0 Å². The molecule has 3 heterocycles. The van der Waals surface area contributed by atoms with Gasteiger partial charge in [-0.15, -0.1) is 0 Å². The van der Waals surface area contributed by atoms with E-state index in [1.807, 2.05) is 0 Å². The first-order valence-electron chi connectivity index (χ1n) is 8.97. The number of nitrogens with one attached hydrogen (secondary N) is 1. The Morgan fingerprint density at radius 3 is 2.62 bits per heavy atom. The normalized spacial score (nSPS) is 32.5. The lowest BCUT2D eigenvalue weighted by Crippen LogP contribution is -2.50. The van der Waals surface area contributed by atoms with Gasteiger partial charge < -0.3 is 15.1 Å². The van der Waals surface area contributed by atoms with Crippen LogP contribution in [0.5, 0.6) is 0 Å². The second-order valence-electron chi connectivity index (χ2n) is 7.42. The zero-order valence-electron chi connectivity index (χ0n) is 13.5. The fourth-order valence-electron chi connectivity index (χ4n) is 4.14. The second-order valence-corrected chi connectivity index (χ2v) is 7.42. The average Bonchev–Trinajstić information content (AvgIpc) is 3.03. The van der Waals surface area contributed by atoms with Crippen LogP contribution >= 0.6 is 0 Å². The molecule has 0 spiro atoms. The lowest BCUT2D eigenvalue weighted by atomic mass is 9.94. The number of amides is 1. The molecule has 0 aromatic rings. The number of nitrogens with zero attached hydrogens (tertiary/aromatic N) is 2. The molecule has 4 heteroatoms. The molecule has 0 saturated carbocycles. The highest BCUT2D eigenvalue weighted by molar-refractivity contribution is 5.82. The lowest BCUT2D eigenvalue weighted by molar-refractivity contribution is -0.135. The van der Waals surface area contributed by atoms with Crippen LogP contribution in [-0.2, 0) is 4.79 Å². The van der Waals surface area contributed by atoms with Crippen molar-refractivity contribution in [2.45, 2.75) is 51.5 Å². The van der Waals surface area contributed by atoms with Crippen molar-refractivity contribution in [2.75, 3.05) is 39.3 Å². The third-order valence-corrected chi connectivity index (χ3v) is 5.58. The zero-order chi connectivity index (χ0) is 14.7. The van der Waals surface area contributed by atoms with Crippen LogP contribution in [0.4, 0.5) is 0 Å². The molecule has 0 bridgehead atoms. The molecule has 3 aliphatic heterocycles. The van der Waals surface area contributed by atoms with E-state index in [1.54, 1.807) is 0 Å². The van der Waals surface area contributed by atoms with Gasteiger partial charge in [0.25, 0.3) is 0 Å². The van der Waals surface area contributed by atoms with E-state index in [2.05, 4.69) is 22.0 Å². The molecular weight excluding hydrogens is 262 g/mol. The maximum atomic E-state index is 12.5. The van der Waals surface area contributed by atoms with Crippen molar-refractivity contribution >= 4 is 5.91 Å². The van der Waals surface area contributed by atoms with Crippen LogP contribution in [-0.4, -0.2) is 61.0 Å². The average molecular weight is 293 g/mol. The first-order valence-corrected chi connectivity index (χ1v) is 8.97. The molecular formula is C17H31N3O. The molecule has 120 valence electrons. The molecule has 3 aliphatic rings. The Bertz CT molecular complexity index is 346. The van der Waals surface area contributed by atoms with Gasteiger partial charge in [-0.25, -0.2) is 0 Å². The fourth-order valence-corrected chi connectivity index (χ4v) is 4.14. The topological polar surface area (TPSA) is 35.6 Å². The summed E-state index contributed by atoms with van der Waals surface area (Å²) in [7, 11) is 0. The number of hydrogen-bond donors (Lipinski definition) is 1. The molecule has 3 rings (SSSR count). The summed E-state index contributed by atoms with van der Waals surface area (Å²) in [4.78, 5) is 17.3. The highest BCUT2D eigenvalue weighted by Crippen LogP contribution is 2.23. The van der Waals surface area contributed by atoms with Gasteiger partial charge >= 0.3 is 0 Å². The van der Waals surface area contributed by atoms with Gasteiger partial charge in [-0.2, -0.15) is 0 Å². The second kappa shape index (κ2) is 7.10. The molecule has 1 unspecified atom stereocenters. The molecule has 0 aliphatic carbocycles. The molecule has 2 atom stereocenters. The van der Waals surface area contributed by atoms with E-state index in [-0.39, 0.29) is 6.04 Å². The van der Waals surface area contributed by atoms with E-state index in [0.717, 1.165) is 38.4 Å². The van der Waals surface area contributed by atoms with Crippen LogP contribution < -0.4 is 5.32 Å². The van der Waals surface area contributed by atoms with Crippen LogP contribution in [0, 0.1) is 11.8 Å². The molecule has 3 fully saturated rings. The number of carbonyl (C=O) groups excluding carboxylic acids is 1. The summed E-state index contributed by atoms with van der Waals surface area (Å²) in [5.41, 5.74) is 0. The summed E-state index contributed by atoms with van der Waals surface area (Å²) in [5.74, 6) is 1.96. The van der Waals surface area contributed by atoms with Crippen molar-refractivity contribution in [2.24, 2.45) is 11.8 Å². The van der Waals surface area contributed by atoms with E-state index >= 15 is 0 Å². The van der Waals surface area contributed by atoms with Gasteiger partial charge in [0.05, 0.1) is 6.04 Å². The van der Waals surface area contributed by atoms with Crippen LogP contribution in [0.15, 0.2) is 0 Å². The van der Waals surface area contributed by atoms with Gasteiger partial charge in [0.15, 0.2) is 0 Å². The number of rotatable bonds is 3. The first-order chi connectivity index (χ1) is 10.2. The predicted molar refractivity (Wildman–Crippen MR) is 85.2 cm³/mol. The standard InChI is InChI=1S/C17H31N3O/c1-14-6-10-19(11-7-14)12-15-4-3-9-20(13-15)17(21)16-5-2-8-18-16/h14-16,18H,2-13H2,1H3/t15?,16-/m0/s1. The smallest absolute Gasteiger partial charge is 0.239 e. The van der Waals surface area contributed by atoms with Crippen LogP contribution in [0.1, 0.15) is 45.4 Å². The highest BCUT2D eigenvalue weighted by atomic mass is 16.2. The van der Waals surface area contributed by atoms with Gasteiger partial charge in [0.1, 0.15) is 0 Å². The lowest BCUT2D eigenvalue weighted by Gasteiger charge is -2.38. The summed E-state index contributed by atoms with van der Waals surface area (Å²) in [6.45, 7) is 9.07. The summed E-state index contributed by atoms with van der Waals surface area (Å²) >= 11 is 0. The number of likely N-dealkylation sites (tertiary alicyclic amines) is 2. The third kappa shape index (κ3) is 3.98. The van der Waals surface area contributed by atoms with Crippen LogP contribution in [0.2, 0.25) is 0 Å². The predicted octanol–water partition coefficient (Wildman–Crippen LogP) is 1.71. The summed E-state index contributed by atoms with van der Waals surface area (Å²) in [6, 6.07) is 0.111. The van der Waals surface area contributed by atoms with Gasteiger partial charge in [0.2, 0.25) is 5.91 Å². The highest BCUT2D eigenvalue weighted by Gasteiger charge is 2.31. The quantitative estimate of drug-likeness (QED) is 0.860. The Balaban J connectivity index is 1.47. The van der Waals surface area contributed by atoms with Gasteiger partial charge in [-0.3, -0.25) is 4.79 Å². The van der Waals surface area contributed by atoms with E-state index < -0.39 is 0 Å². The Labute approximate surface area is 129 Å². The Kier molecular flexibility index (Phi) is 5.17. The number of carbonyl (C=O) groups is 1. The van der Waals surface area contributed by atoms with E-state index in [0.29, 0.717) is 11.8 Å². The number of piperidine rings is 2. The Morgan fingerprint density at radius 2 is 1.90 bits per heavy atom. The minimum Gasteiger partial charge on any atom is -0.341 e. The molecule has 0 aromatic carbocycles. The van der Waals surface area contributed by atoms with Crippen molar-refractivity contribution in [1.82, 2.24) is 15.1 Å². The molecule has 3 saturated heterocycles. The van der Waals surface area contributed by atoms with E-state index in [1.165, 1.54) is 45.3 Å².